The molecule has 2 N–H and O–H groups in total. The monoisotopic (exact) mass is 471 g/mol. The van der Waals surface area contributed by atoms with E-state index in [0.717, 1.165) is 4.88 Å². The number of hydrogen-bond acceptors (Lipinski definition) is 5. The van der Waals surface area contributed by atoms with Crippen LogP contribution in [0.1, 0.15) is 37.5 Å². The second-order valence-electron chi connectivity index (χ2n) is 8.09. The fourth-order valence-corrected chi connectivity index (χ4v) is 5.36. The van der Waals surface area contributed by atoms with Crippen molar-refractivity contribution < 1.29 is 9.18 Å². The van der Waals surface area contributed by atoms with Crippen LogP contribution < -0.4 is 10.6 Å². The van der Waals surface area contributed by atoms with Gasteiger partial charge in [0, 0.05) is 27.0 Å². The predicted octanol–water partition coefficient (Wildman–Crippen LogP) is 5.59. The molecule has 4 rings (SSSR count). The molecule has 29 heavy (non-hydrogen) atoms. The van der Waals surface area contributed by atoms with Crippen LogP contribution in [-0.4, -0.2) is 5.78 Å². The highest BCUT2D eigenvalue weighted by Gasteiger charge is 2.45. The SMILES string of the molecule is CC1(C)CC(=O)C2=C(C1)N(c1ccc(Br)cc1F)C(N)=C(C#N)[C@@H]2c1cccs1. The number of nitrogens with two attached hydrogens (primary N) is 1. The Hall–Kier alpha value is -2.43. The van der Waals surface area contributed by atoms with E-state index in [0.29, 0.717) is 28.6 Å². The van der Waals surface area contributed by atoms with Crippen molar-refractivity contribution in [1.29, 1.82) is 5.26 Å². The molecular weight excluding hydrogens is 453 g/mol. The van der Waals surface area contributed by atoms with Gasteiger partial charge in [-0.2, -0.15) is 5.26 Å². The molecule has 148 valence electrons. The molecular formula is C22H19BrFN3OS. The standard InChI is InChI=1S/C22H19BrFN3OS/c1-22(2)9-16-20(17(28)10-22)19(18-4-3-7-29-18)13(11-25)21(26)27(16)15-6-5-12(23)8-14(15)24/h3-8,19H,9-10,26H2,1-2H3/t19-/m1/s1. The zero-order valence-electron chi connectivity index (χ0n) is 16.0. The number of halogens is 2. The molecule has 0 fully saturated rings. The van der Waals surface area contributed by atoms with Crippen LogP contribution in [0, 0.1) is 22.6 Å². The van der Waals surface area contributed by atoms with Gasteiger partial charge >= 0.3 is 0 Å². The molecule has 0 saturated heterocycles. The van der Waals surface area contributed by atoms with Crippen molar-refractivity contribution in [2.75, 3.05) is 4.90 Å². The Morgan fingerprint density at radius 2 is 2.10 bits per heavy atom. The van der Waals surface area contributed by atoms with Crippen LogP contribution in [0.5, 0.6) is 0 Å². The van der Waals surface area contributed by atoms with Crippen molar-refractivity contribution in [2.45, 2.75) is 32.6 Å². The summed E-state index contributed by atoms with van der Waals surface area (Å²) in [5.41, 5.74) is 7.94. The average Bonchev–Trinajstić information content (AvgIpc) is 3.15. The Morgan fingerprint density at radius 3 is 2.72 bits per heavy atom. The summed E-state index contributed by atoms with van der Waals surface area (Å²) in [7, 11) is 0. The highest BCUT2D eigenvalue weighted by molar-refractivity contribution is 9.10. The van der Waals surface area contributed by atoms with Gasteiger partial charge in [-0.25, -0.2) is 4.39 Å². The van der Waals surface area contributed by atoms with Gasteiger partial charge in [-0.15, -0.1) is 11.3 Å². The van der Waals surface area contributed by atoms with Crippen molar-refractivity contribution in [3.63, 3.8) is 0 Å². The van der Waals surface area contributed by atoms with E-state index in [-0.39, 0.29) is 28.3 Å². The molecule has 4 nitrogen and oxygen atoms in total. The second kappa shape index (κ2) is 7.12. The van der Waals surface area contributed by atoms with Crippen LogP contribution in [0.15, 0.2) is 62.8 Å². The first-order valence-corrected chi connectivity index (χ1v) is 10.9. The zero-order valence-corrected chi connectivity index (χ0v) is 18.4. The number of benzene rings is 1. The normalized spacial score (nSPS) is 21.3. The van der Waals surface area contributed by atoms with Gasteiger partial charge in [-0.3, -0.25) is 9.69 Å². The molecule has 0 bridgehead atoms. The fourth-order valence-electron chi connectivity index (χ4n) is 4.19. The van der Waals surface area contributed by atoms with Crippen molar-refractivity contribution in [2.24, 2.45) is 11.1 Å². The summed E-state index contributed by atoms with van der Waals surface area (Å²) in [6.45, 7) is 4.04. The van der Waals surface area contributed by atoms with E-state index >= 15 is 0 Å². The number of nitrogens with zero attached hydrogens (tertiary/aromatic N) is 2. The summed E-state index contributed by atoms with van der Waals surface area (Å²) in [5, 5.41) is 11.9. The third-order valence-electron chi connectivity index (χ3n) is 5.36. The Balaban J connectivity index is 2.02. The lowest BCUT2D eigenvalue weighted by atomic mass is 9.69. The van der Waals surface area contributed by atoms with Gasteiger partial charge in [0.15, 0.2) is 5.78 Å². The summed E-state index contributed by atoms with van der Waals surface area (Å²) in [6, 6.07) is 10.7. The van der Waals surface area contributed by atoms with Crippen LogP contribution >= 0.6 is 27.3 Å². The van der Waals surface area contributed by atoms with Gasteiger partial charge in [-0.05, 0) is 41.5 Å². The first kappa shape index (κ1) is 19.9. The number of ketones is 1. The van der Waals surface area contributed by atoms with Gasteiger partial charge in [0.25, 0.3) is 0 Å². The first-order chi connectivity index (χ1) is 13.7. The minimum absolute atomic E-state index is 0.0163. The number of allylic oxidation sites excluding steroid dienone is 3. The molecule has 2 aliphatic rings. The van der Waals surface area contributed by atoms with Crippen LogP contribution in [0.3, 0.4) is 0 Å². The number of carbonyl (C=O) groups excluding carboxylic acids is 1. The number of hydrogen-bond donors (Lipinski definition) is 1. The van der Waals surface area contributed by atoms with Crippen LogP contribution in [0.4, 0.5) is 10.1 Å². The summed E-state index contributed by atoms with van der Waals surface area (Å²) >= 11 is 4.76. The quantitative estimate of drug-likeness (QED) is 0.619. The van der Waals surface area contributed by atoms with Crippen LogP contribution in [0.2, 0.25) is 0 Å². The molecule has 1 aromatic carbocycles. The maximum absolute atomic E-state index is 14.9. The fraction of sp³-hybridized carbons (Fsp3) is 0.273. The molecule has 0 spiro atoms. The molecule has 1 aliphatic heterocycles. The second-order valence-corrected chi connectivity index (χ2v) is 9.99. The maximum Gasteiger partial charge on any atom is 0.162 e. The molecule has 0 radical (unpaired) electrons. The van der Waals surface area contributed by atoms with Crippen LogP contribution in [-0.2, 0) is 4.79 Å². The number of nitriles is 1. The van der Waals surface area contributed by atoms with E-state index in [1.165, 1.54) is 17.4 Å². The molecule has 2 aromatic rings. The molecule has 7 heteroatoms. The van der Waals surface area contributed by atoms with Crippen molar-refractivity contribution in [3.8, 4) is 6.07 Å². The zero-order chi connectivity index (χ0) is 20.9. The molecule has 1 aromatic heterocycles. The summed E-state index contributed by atoms with van der Waals surface area (Å²) in [5.74, 6) is -0.820. The minimum atomic E-state index is -0.506. The number of thiophene rings is 1. The van der Waals surface area contributed by atoms with E-state index < -0.39 is 11.7 Å². The number of carbonyl (C=O) groups is 1. The van der Waals surface area contributed by atoms with Crippen LogP contribution in [0.25, 0.3) is 0 Å². The minimum Gasteiger partial charge on any atom is -0.384 e. The van der Waals surface area contributed by atoms with Crippen molar-refractivity contribution in [3.05, 3.63) is 73.5 Å². The smallest absolute Gasteiger partial charge is 0.162 e. The summed E-state index contributed by atoms with van der Waals surface area (Å²) < 4.78 is 15.5. The highest BCUT2D eigenvalue weighted by Crippen LogP contribution is 2.51. The molecule has 0 unspecified atom stereocenters. The Kier molecular flexibility index (Phi) is 4.88. The average molecular weight is 472 g/mol. The molecule has 2 heterocycles. The molecule has 0 saturated carbocycles. The lowest BCUT2D eigenvalue weighted by Gasteiger charge is -2.43. The van der Waals surface area contributed by atoms with Gasteiger partial charge in [0.1, 0.15) is 11.6 Å². The van der Waals surface area contributed by atoms with Gasteiger partial charge < -0.3 is 5.73 Å². The van der Waals surface area contributed by atoms with E-state index in [4.69, 9.17) is 5.73 Å². The number of anilines is 1. The van der Waals surface area contributed by atoms with E-state index in [1.54, 1.807) is 17.0 Å². The molecule has 0 amide bonds. The van der Waals surface area contributed by atoms with E-state index in [9.17, 15) is 14.4 Å². The third-order valence-corrected chi connectivity index (χ3v) is 6.79. The maximum atomic E-state index is 14.9. The lowest BCUT2D eigenvalue weighted by molar-refractivity contribution is -0.118. The van der Waals surface area contributed by atoms with Crippen molar-refractivity contribution in [1.82, 2.24) is 0 Å². The molecule has 1 aliphatic carbocycles. The van der Waals surface area contributed by atoms with Crippen molar-refractivity contribution >= 4 is 38.7 Å². The molecule has 1 atom stereocenters. The Bertz CT molecular complexity index is 1110. The Labute approximate surface area is 181 Å². The largest absolute Gasteiger partial charge is 0.384 e. The number of Topliss-reactive ketones (excluding diaryl/α,β-unsaturated/α-hetero) is 1. The first-order valence-electron chi connectivity index (χ1n) is 9.18. The predicted molar refractivity (Wildman–Crippen MR) is 116 cm³/mol. The summed E-state index contributed by atoms with van der Waals surface area (Å²) in [6.07, 6.45) is 0.938. The highest BCUT2D eigenvalue weighted by atomic mass is 79.9. The van der Waals surface area contributed by atoms with Gasteiger partial charge in [-0.1, -0.05) is 35.8 Å². The van der Waals surface area contributed by atoms with Gasteiger partial charge in [0.05, 0.1) is 23.2 Å². The summed E-state index contributed by atoms with van der Waals surface area (Å²) in [4.78, 5) is 15.7. The van der Waals surface area contributed by atoms with E-state index in [1.807, 2.05) is 31.4 Å². The van der Waals surface area contributed by atoms with Gasteiger partial charge in [0.2, 0.25) is 0 Å². The Morgan fingerprint density at radius 1 is 1.34 bits per heavy atom. The lowest BCUT2D eigenvalue weighted by Crippen LogP contribution is -2.42. The topological polar surface area (TPSA) is 70.1 Å². The van der Waals surface area contributed by atoms with E-state index in [2.05, 4.69) is 22.0 Å². The third kappa shape index (κ3) is 3.30. The number of rotatable bonds is 2.